The van der Waals surface area contributed by atoms with Crippen molar-refractivity contribution in [2.75, 3.05) is 5.73 Å². The molecule has 0 aliphatic carbocycles. The van der Waals surface area contributed by atoms with Gasteiger partial charge in [0, 0.05) is 9.91 Å². The highest BCUT2D eigenvalue weighted by Crippen LogP contribution is 2.32. The number of rotatable bonds is 1. The summed E-state index contributed by atoms with van der Waals surface area (Å²) in [6.07, 6.45) is 0. The lowest BCUT2D eigenvalue weighted by molar-refractivity contribution is -0.0786. The average Bonchev–Trinajstić information content (AvgIpc) is 2.46. The third-order valence-electron chi connectivity index (χ3n) is 3.24. The van der Waals surface area contributed by atoms with Gasteiger partial charge in [-0.1, -0.05) is 42.5 Å². The van der Waals surface area contributed by atoms with Crippen LogP contribution in [0.5, 0.6) is 0 Å². The first-order chi connectivity index (χ1) is 9.22. The molecule has 0 heterocycles. The Kier molecular flexibility index (Phi) is 2.56. The molecule has 0 saturated heterocycles. The van der Waals surface area contributed by atoms with Crippen LogP contribution in [0.1, 0.15) is 10.4 Å². The van der Waals surface area contributed by atoms with E-state index in [2.05, 4.69) is 4.94 Å². The zero-order valence-electron chi connectivity index (χ0n) is 9.89. The predicted molar refractivity (Wildman–Crippen MR) is 72.4 cm³/mol. The molecule has 0 unspecified atom stereocenters. The lowest BCUT2D eigenvalue weighted by Crippen LogP contribution is -2.04. The number of carbonyl (C=O) groups is 1. The molecule has 0 atom stereocenters. The highest BCUT2D eigenvalue weighted by atomic mass is 19.3. The second-order valence-electron chi connectivity index (χ2n) is 4.28. The summed E-state index contributed by atoms with van der Waals surface area (Å²) in [6, 6.07) is 14.8. The Labute approximate surface area is 108 Å². The van der Waals surface area contributed by atoms with Gasteiger partial charge in [0.15, 0.2) is 0 Å². The van der Waals surface area contributed by atoms with Crippen molar-refractivity contribution in [1.29, 1.82) is 0 Å². The minimum Gasteiger partial charge on any atom is -0.398 e. The van der Waals surface area contributed by atoms with Crippen LogP contribution >= 0.6 is 0 Å². The maximum atomic E-state index is 12.1. The van der Waals surface area contributed by atoms with Gasteiger partial charge in [-0.25, -0.2) is 9.74 Å². The van der Waals surface area contributed by atoms with Crippen LogP contribution in [-0.2, 0) is 4.94 Å². The number of halogens is 1. The van der Waals surface area contributed by atoms with Gasteiger partial charge in [0.05, 0.1) is 11.3 Å². The average molecular weight is 255 g/mol. The van der Waals surface area contributed by atoms with Gasteiger partial charge in [0.1, 0.15) is 0 Å². The van der Waals surface area contributed by atoms with E-state index in [1.807, 2.05) is 36.4 Å². The van der Waals surface area contributed by atoms with Crippen molar-refractivity contribution in [2.24, 2.45) is 0 Å². The molecule has 0 aromatic heterocycles. The molecule has 0 aliphatic heterocycles. The summed E-state index contributed by atoms with van der Waals surface area (Å²) in [7, 11) is 0. The van der Waals surface area contributed by atoms with Crippen LogP contribution in [0.2, 0.25) is 0 Å². The minimum absolute atomic E-state index is 0.0337. The molecule has 94 valence electrons. The van der Waals surface area contributed by atoms with E-state index < -0.39 is 5.97 Å². The van der Waals surface area contributed by atoms with Gasteiger partial charge < -0.3 is 5.73 Å². The molecule has 3 nitrogen and oxygen atoms in total. The van der Waals surface area contributed by atoms with E-state index in [1.54, 1.807) is 6.07 Å². The molecule has 2 N–H and O–H groups in total. The third kappa shape index (κ3) is 1.69. The molecule has 0 radical (unpaired) electrons. The molecule has 4 heteroatoms. The van der Waals surface area contributed by atoms with E-state index in [0.29, 0.717) is 0 Å². The van der Waals surface area contributed by atoms with Crippen molar-refractivity contribution < 1.29 is 14.3 Å². The van der Waals surface area contributed by atoms with Crippen molar-refractivity contribution in [3.8, 4) is 0 Å². The number of fused-ring (bicyclic) bond motifs is 3. The van der Waals surface area contributed by atoms with Crippen LogP contribution in [0.25, 0.3) is 21.5 Å². The summed E-state index contributed by atoms with van der Waals surface area (Å²) in [6.45, 7) is 0. The molecule has 3 aromatic carbocycles. The lowest BCUT2D eigenvalue weighted by atomic mass is 9.98. The van der Waals surface area contributed by atoms with Crippen LogP contribution in [0.3, 0.4) is 0 Å². The Morgan fingerprint density at radius 3 is 2.47 bits per heavy atom. The van der Waals surface area contributed by atoms with E-state index in [0.717, 1.165) is 21.5 Å². The van der Waals surface area contributed by atoms with Crippen LogP contribution in [-0.4, -0.2) is 5.97 Å². The van der Waals surface area contributed by atoms with Gasteiger partial charge in [0.2, 0.25) is 0 Å². The number of hydrogen-bond donors (Lipinski definition) is 1. The van der Waals surface area contributed by atoms with Crippen LogP contribution in [0.15, 0.2) is 48.5 Å². The maximum Gasteiger partial charge on any atom is 0.381 e. The van der Waals surface area contributed by atoms with Crippen LogP contribution in [0, 0.1) is 0 Å². The number of carbonyl (C=O) groups excluding carboxylic acids is 1. The van der Waals surface area contributed by atoms with E-state index in [4.69, 9.17) is 5.73 Å². The quantitative estimate of drug-likeness (QED) is 0.533. The third-order valence-corrected chi connectivity index (χ3v) is 3.24. The number of hydrogen-bond acceptors (Lipinski definition) is 3. The van der Waals surface area contributed by atoms with Crippen LogP contribution < -0.4 is 5.73 Å². The summed E-state index contributed by atoms with van der Waals surface area (Å²) >= 11 is 0. The van der Waals surface area contributed by atoms with Crippen molar-refractivity contribution in [1.82, 2.24) is 0 Å². The number of anilines is 1. The maximum absolute atomic E-state index is 12.1. The van der Waals surface area contributed by atoms with E-state index in [9.17, 15) is 9.32 Å². The molecule has 0 aliphatic rings. The molecule has 3 aromatic rings. The summed E-state index contributed by atoms with van der Waals surface area (Å²) in [5.41, 5.74) is 6.26. The first-order valence-electron chi connectivity index (χ1n) is 5.75. The van der Waals surface area contributed by atoms with Gasteiger partial charge in [-0.3, -0.25) is 0 Å². The van der Waals surface area contributed by atoms with Gasteiger partial charge >= 0.3 is 5.97 Å². The molecular formula is C15H10FNO2. The number of nitrogen functional groups attached to an aromatic ring is 1. The largest absolute Gasteiger partial charge is 0.398 e. The first-order valence-corrected chi connectivity index (χ1v) is 5.75. The summed E-state index contributed by atoms with van der Waals surface area (Å²) in [5.74, 6) is -1.08. The highest BCUT2D eigenvalue weighted by molar-refractivity contribution is 6.16. The van der Waals surface area contributed by atoms with Gasteiger partial charge in [-0.15, -0.1) is 0 Å². The molecule has 19 heavy (non-hydrogen) atoms. The van der Waals surface area contributed by atoms with E-state index in [1.165, 1.54) is 6.07 Å². The fourth-order valence-corrected chi connectivity index (χ4v) is 2.35. The van der Waals surface area contributed by atoms with Crippen molar-refractivity contribution >= 4 is 33.2 Å². The van der Waals surface area contributed by atoms with Crippen molar-refractivity contribution in [3.05, 3.63) is 54.1 Å². The van der Waals surface area contributed by atoms with Gasteiger partial charge in [0.25, 0.3) is 0 Å². The molecule has 0 fully saturated rings. The fourth-order valence-electron chi connectivity index (χ4n) is 2.35. The Balaban J connectivity index is 2.46. The zero-order valence-corrected chi connectivity index (χ0v) is 9.89. The monoisotopic (exact) mass is 255 g/mol. The van der Waals surface area contributed by atoms with E-state index >= 15 is 0 Å². The van der Waals surface area contributed by atoms with Crippen molar-refractivity contribution in [3.63, 3.8) is 0 Å². The summed E-state index contributed by atoms with van der Waals surface area (Å²) in [5, 5.41) is 3.56. The smallest absolute Gasteiger partial charge is 0.381 e. The van der Waals surface area contributed by atoms with E-state index in [-0.39, 0.29) is 11.3 Å². The lowest BCUT2D eigenvalue weighted by Gasteiger charge is -2.09. The minimum atomic E-state index is -1.08. The van der Waals surface area contributed by atoms with Gasteiger partial charge in [-0.2, -0.15) is 0 Å². The Bertz CT molecular complexity index is 799. The molecule has 0 saturated carbocycles. The Hall–Kier alpha value is -2.62. The SMILES string of the molecule is Nc1c(C(=O)OF)ccc2ccc3ccccc3c12. The summed E-state index contributed by atoms with van der Waals surface area (Å²) < 4.78 is 12.1. The Morgan fingerprint density at radius 1 is 1.00 bits per heavy atom. The van der Waals surface area contributed by atoms with Gasteiger partial charge in [-0.05, 0) is 22.2 Å². The zero-order chi connectivity index (χ0) is 13.4. The molecular weight excluding hydrogens is 245 g/mol. The molecule has 3 rings (SSSR count). The number of nitrogens with two attached hydrogens (primary N) is 1. The molecule has 0 amide bonds. The summed E-state index contributed by atoms with van der Waals surface area (Å²) in [4.78, 5) is 14.6. The predicted octanol–water partition coefficient (Wildman–Crippen LogP) is 3.62. The first kappa shape index (κ1) is 11.5. The Morgan fingerprint density at radius 2 is 1.68 bits per heavy atom. The second kappa shape index (κ2) is 4.24. The topological polar surface area (TPSA) is 52.3 Å². The standard InChI is InChI=1S/C15H10FNO2/c16-19-15(18)12-8-7-10-6-5-9-3-1-2-4-11(9)13(10)14(12)17/h1-8H,17H2. The number of benzene rings is 3. The molecule has 0 bridgehead atoms. The fraction of sp³-hybridized carbons (Fsp3) is 0. The molecule has 0 spiro atoms. The van der Waals surface area contributed by atoms with Crippen LogP contribution in [0.4, 0.5) is 10.2 Å². The second-order valence-corrected chi connectivity index (χ2v) is 4.28. The van der Waals surface area contributed by atoms with Crippen molar-refractivity contribution in [2.45, 2.75) is 0 Å². The highest BCUT2D eigenvalue weighted by Gasteiger charge is 2.15. The normalized spacial score (nSPS) is 10.8.